The molecule has 2 amide bonds. The number of halogens is 1. The molecule has 2 aliphatic rings. The van der Waals surface area contributed by atoms with Crippen LogP contribution in [0.3, 0.4) is 0 Å². The molecule has 1 heterocycles. The van der Waals surface area contributed by atoms with E-state index in [1.807, 2.05) is 18.2 Å². The van der Waals surface area contributed by atoms with E-state index >= 15 is 0 Å². The van der Waals surface area contributed by atoms with E-state index in [0.29, 0.717) is 36.5 Å². The van der Waals surface area contributed by atoms with Crippen molar-refractivity contribution in [1.29, 1.82) is 0 Å². The van der Waals surface area contributed by atoms with Crippen LogP contribution < -0.4 is 5.32 Å². The predicted octanol–water partition coefficient (Wildman–Crippen LogP) is 4.32. The summed E-state index contributed by atoms with van der Waals surface area (Å²) in [6, 6.07) is 13.3. The molecule has 1 saturated heterocycles. The van der Waals surface area contributed by atoms with Gasteiger partial charge in [0.2, 0.25) is 5.91 Å². The number of anilines is 1. The highest BCUT2D eigenvalue weighted by atomic mass is 35.5. The lowest BCUT2D eigenvalue weighted by Gasteiger charge is -2.31. The van der Waals surface area contributed by atoms with E-state index in [2.05, 4.69) is 17.4 Å². The maximum atomic E-state index is 12.6. The topological polar surface area (TPSA) is 49.4 Å². The number of hydrogen-bond acceptors (Lipinski definition) is 2. The normalized spacial score (nSPS) is 16.9. The first-order valence-corrected chi connectivity index (χ1v) is 9.96. The molecule has 27 heavy (non-hydrogen) atoms. The SMILES string of the molecule is O=C(Nc1ccc2c(c1)CCC2)C1CCN(C(=O)c2ccccc2Cl)CC1. The molecule has 4 rings (SSSR count). The van der Waals surface area contributed by atoms with Gasteiger partial charge >= 0.3 is 0 Å². The molecule has 1 N–H and O–H groups in total. The van der Waals surface area contributed by atoms with Crippen molar-refractivity contribution in [2.45, 2.75) is 32.1 Å². The van der Waals surface area contributed by atoms with Gasteiger partial charge in [0.25, 0.3) is 5.91 Å². The zero-order valence-electron chi connectivity index (χ0n) is 15.2. The maximum absolute atomic E-state index is 12.6. The average Bonchev–Trinajstić information content (AvgIpc) is 3.16. The number of carbonyl (C=O) groups excluding carboxylic acids is 2. The van der Waals surface area contributed by atoms with E-state index in [4.69, 9.17) is 11.6 Å². The molecule has 0 aromatic heterocycles. The largest absolute Gasteiger partial charge is 0.339 e. The number of rotatable bonds is 3. The molecule has 5 heteroatoms. The summed E-state index contributed by atoms with van der Waals surface area (Å²) in [6.07, 6.45) is 4.79. The lowest BCUT2D eigenvalue weighted by atomic mass is 9.95. The predicted molar refractivity (Wildman–Crippen MR) is 107 cm³/mol. The first-order valence-electron chi connectivity index (χ1n) is 9.58. The number of nitrogens with one attached hydrogen (secondary N) is 1. The molecule has 2 aromatic rings. The third-order valence-electron chi connectivity index (χ3n) is 5.62. The maximum Gasteiger partial charge on any atom is 0.255 e. The van der Waals surface area contributed by atoms with Gasteiger partial charge in [-0.05, 0) is 67.5 Å². The van der Waals surface area contributed by atoms with E-state index in [-0.39, 0.29) is 17.7 Å². The van der Waals surface area contributed by atoms with Crippen LogP contribution in [0.5, 0.6) is 0 Å². The van der Waals surface area contributed by atoms with Gasteiger partial charge in [-0.1, -0.05) is 29.8 Å². The Morgan fingerprint density at radius 2 is 1.74 bits per heavy atom. The molecule has 1 aliphatic carbocycles. The van der Waals surface area contributed by atoms with E-state index in [1.165, 1.54) is 17.5 Å². The van der Waals surface area contributed by atoms with E-state index < -0.39 is 0 Å². The molecule has 2 aromatic carbocycles. The Bertz CT molecular complexity index is 872. The molecule has 1 aliphatic heterocycles. The van der Waals surface area contributed by atoms with Crippen LogP contribution in [0.25, 0.3) is 0 Å². The number of hydrogen-bond donors (Lipinski definition) is 1. The summed E-state index contributed by atoms with van der Waals surface area (Å²) in [5.41, 5.74) is 4.17. The van der Waals surface area contributed by atoms with Crippen molar-refractivity contribution in [3.05, 3.63) is 64.2 Å². The number of piperidine rings is 1. The monoisotopic (exact) mass is 382 g/mol. The summed E-state index contributed by atoms with van der Waals surface area (Å²) in [6.45, 7) is 1.15. The Hall–Kier alpha value is -2.33. The Morgan fingerprint density at radius 3 is 2.52 bits per heavy atom. The first kappa shape index (κ1) is 18.1. The number of likely N-dealkylation sites (tertiary alicyclic amines) is 1. The quantitative estimate of drug-likeness (QED) is 0.859. The van der Waals surface area contributed by atoms with Gasteiger partial charge in [0.05, 0.1) is 10.6 Å². The van der Waals surface area contributed by atoms with E-state index in [0.717, 1.165) is 18.5 Å². The van der Waals surface area contributed by atoms with Crippen molar-refractivity contribution in [1.82, 2.24) is 4.90 Å². The van der Waals surface area contributed by atoms with Gasteiger partial charge in [-0.3, -0.25) is 9.59 Å². The molecule has 0 saturated carbocycles. The van der Waals surface area contributed by atoms with E-state index in [1.54, 1.807) is 17.0 Å². The molecule has 140 valence electrons. The average molecular weight is 383 g/mol. The van der Waals surface area contributed by atoms with Crippen LogP contribution in [0.4, 0.5) is 5.69 Å². The summed E-state index contributed by atoms with van der Waals surface area (Å²) in [7, 11) is 0. The number of amides is 2. The van der Waals surface area contributed by atoms with Crippen molar-refractivity contribution >= 4 is 29.1 Å². The van der Waals surface area contributed by atoms with Gasteiger partial charge in [-0.15, -0.1) is 0 Å². The molecule has 0 unspecified atom stereocenters. The summed E-state index contributed by atoms with van der Waals surface area (Å²) in [4.78, 5) is 27.1. The highest BCUT2D eigenvalue weighted by Gasteiger charge is 2.28. The molecule has 4 nitrogen and oxygen atoms in total. The summed E-state index contributed by atoms with van der Waals surface area (Å²) in [5.74, 6) is -0.0654. The fourth-order valence-corrected chi connectivity index (χ4v) is 4.26. The van der Waals surface area contributed by atoms with Crippen LogP contribution in [0, 0.1) is 5.92 Å². The molecule has 1 fully saturated rings. The fourth-order valence-electron chi connectivity index (χ4n) is 4.04. The minimum atomic E-state index is -0.0615. The van der Waals surface area contributed by atoms with Gasteiger partial charge < -0.3 is 10.2 Å². The smallest absolute Gasteiger partial charge is 0.255 e. The number of aryl methyl sites for hydroxylation is 2. The zero-order valence-corrected chi connectivity index (χ0v) is 16.0. The van der Waals surface area contributed by atoms with Crippen LogP contribution in [0.2, 0.25) is 5.02 Å². The van der Waals surface area contributed by atoms with Crippen LogP contribution in [-0.4, -0.2) is 29.8 Å². The molecule has 0 bridgehead atoms. The van der Waals surface area contributed by atoms with Crippen molar-refractivity contribution in [3.8, 4) is 0 Å². The number of carbonyl (C=O) groups is 2. The molecular weight excluding hydrogens is 360 g/mol. The van der Waals surface area contributed by atoms with Gasteiger partial charge in [-0.25, -0.2) is 0 Å². The third kappa shape index (κ3) is 3.86. The highest BCUT2D eigenvalue weighted by Crippen LogP contribution is 2.27. The van der Waals surface area contributed by atoms with Gasteiger partial charge in [0.1, 0.15) is 0 Å². The standard InChI is InChI=1S/C22H23ClN2O2/c23-20-7-2-1-6-19(20)22(27)25-12-10-16(11-13-25)21(26)24-18-9-8-15-4-3-5-17(15)14-18/h1-2,6-9,14,16H,3-5,10-13H2,(H,24,26). The second kappa shape index (κ2) is 7.73. The fraction of sp³-hybridized carbons (Fsp3) is 0.364. The Kier molecular flexibility index (Phi) is 5.17. The second-order valence-electron chi connectivity index (χ2n) is 7.37. The molecule has 0 spiro atoms. The van der Waals surface area contributed by atoms with Crippen LogP contribution in [0.15, 0.2) is 42.5 Å². The Balaban J connectivity index is 1.34. The van der Waals surface area contributed by atoms with Gasteiger partial charge in [0.15, 0.2) is 0 Å². The minimum absolute atomic E-state index is 0.0535. The second-order valence-corrected chi connectivity index (χ2v) is 7.78. The van der Waals surface area contributed by atoms with Crippen molar-refractivity contribution in [2.75, 3.05) is 18.4 Å². The first-order chi connectivity index (χ1) is 13.1. The zero-order chi connectivity index (χ0) is 18.8. The summed E-state index contributed by atoms with van der Waals surface area (Å²) < 4.78 is 0. The molecule has 0 atom stereocenters. The van der Waals surface area contributed by atoms with E-state index in [9.17, 15) is 9.59 Å². The Morgan fingerprint density at radius 1 is 1.00 bits per heavy atom. The number of nitrogens with zero attached hydrogens (tertiary/aromatic N) is 1. The van der Waals surface area contributed by atoms with Crippen molar-refractivity contribution < 1.29 is 9.59 Å². The van der Waals surface area contributed by atoms with Crippen LogP contribution in [0.1, 0.15) is 40.7 Å². The Labute approximate surface area is 164 Å². The molecular formula is C22H23ClN2O2. The number of fused-ring (bicyclic) bond motifs is 1. The number of benzene rings is 2. The summed E-state index contributed by atoms with van der Waals surface area (Å²) >= 11 is 6.14. The van der Waals surface area contributed by atoms with Crippen LogP contribution in [-0.2, 0) is 17.6 Å². The minimum Gasteiger partial charge on any atom is -0.339 e. The summed E-state index contributed by atoms with van der Waals surface area (Å²) in [5, 5.41) is 3.53. The van der Waals surface area contributed by atoms with Crippen molar-refractivity contribution in [3.63, 3.8) is 0 Å². The van der Waals surface area contributed by atoms with Crippen molar-refractivity contribution in [2.24, 2.45) is 5.92 Å². The molecule has 0 radical (unpaired) electrons. The van der Waals surface area contributed by atoms with Crippen LogP contribution >= 0.6 is 11.6 Å². The highest BCUT2D eigenvalue weighted by molar-refractivity contribution is 6.33. The lowest BCUT2D eigenvalue weighted by Crippen LogP contribution is -2.41. The van der Waals surface area contributed by atoms with Gasteiger partial charge in [0, 0.05) is 24.7 Å². The lowest BCUT2D eigenvalue weighted by molar-refractivity contribution is -0.121. The van der Waals surface area contributed by atoms with Gasteiger partial charge in [-0.2, -0.15) is 0 Å². The third-order valence-corrected chi connectivity index (χ3v) is 5.95.